The van der Waals surface area contributed by atoms with Gasteiger partial charge in [-0.1, -0.05) is 6.92 Å². The maximum absolute atomic E-state index is 6.38. The molecule has 0 aromatic heterocycles. The van der Waals surface area contributed by atoms with Crippen LogP contribution in [0.15, 0.2) is 0 Å². The summed E-state index contributed by atoms with van der Waals surface area (Å²) in [6, 6.07) is 0. The van der Waals surface area contributed by atoms with Gasteiger partial charge in [0, 0.05) is 12.1 Å². The third-order valence-corrected chi connectivity index (χ3v) is 3.60. The highest BCUT2D eigenvalue weighted by Gasteiger charge is 2.39. The molecule has 0 aliphatic heterocycles. The molecule has 0 saturated heterocycles. The summed E-state index contributed by atoms with van der Waals surface area (Å²) in [5, 5.41) is 0. The molecular weight excluding hydrogens is 198 g/mol. The van der Waals surface area contributed by atoms with Crippen LogP contribution >= 0.6 is 0 Å². The summed E-state index contributed by atoms with van der Waals surface area (Å²) < 4.78 is 0. The molecule has 3 heteroatoms. The normalized spacial score (nSPS) is 20.4. The van der Waals surface area contributed by atoms with Crippen LogP contribution in [0.1, 0.15) is 33.1 Å². The van der Waals surface area contributed by atoms with Crippen LogP contribution in [-0.4, -0.2) is 55.6 Å². The maximum atomic E-state index is 6.38. The predicted octanol–water partition coefficient (Wildman–Crippen LogP) is 1.39. The molecule has 0 heterocycles. The van der Waals surface area contributed by atoms with Gasteiger partial charge in [-0.05, 0) is 65.8 Å². The molecular formula is C13H29N3. The van der Waals surface area contributed by atoms with Gasteiger partial charge in [-0.25, -0.2) is 0 Å². The summed E-state index contributed by atoms with van der Waals surface area (Å²) in [5.74, 6) is 0.774. The minimum Gasteiger partial charge on any atom is -0.324 e. The van der Waals surface area contributed by atoms with Crippen LogP contribution in [0.5, 0.6) is 0 Å². The lowest BCUT2D eigenvalue weighted by Crippen LogP contribution is -2.50. The van der Waals surface area contributed by atoms with Crippen LogP contribution in [0.2, 0.25) is 0 Å². The third kappa shape index (κ3) is 4.81. The molecule has 0 radical (unpaired) electrons. The highest BCUT2D eigenvalue weighted by Crippen LogP contribution is 2.38. The van der Waals surface area contributed by atoms with Gasteiger partial charge in [-0.2, -0.15) is 0 Å². The molecule has 1 saturated carbocycles. The van der Waals surface area contributed by atoms with Crippen molar-refractivity contribution in [1.29, 1.82) is 0 Å². The van der Waals surface area contributed by atoms with Gasteiger partial charge in [0.25, 0.3) is 0 Å². The van der Waals surface area contributed by atoms with E-state index >= 15 is 0 Å². The number of nitrogens with two attached hydrogens (primary N) is 1. The zero-order chi connectivity index (χ0) is 12.2. The highest BCUT2D eigenvalue weighted by molar-refractivity contribution is 4.97. The molecule has 2 N–H and O–H groups in total. The summed E-state index contributed by atoms with van der Waals surface area (Å²) in [6.45, 7) is 8.97. The number of rotatable bonds is 8. The zero-order valence-corrected chi connectivity index (χ0v) is 11.5. The first-order chi connectivity index (χ1) is 7.45. The average Bonchev–Trinajstić information content (AvgIpc) is 2.98. The van der Waals surface area contributed by atoms with E-state index in [1.165, 1.54) is 32.4 Å². The summed E-state index contributed by atoms with van der Waals surface area (Å²) in [5.41, 5.74) is 6.41. The SMILES string of the molecule is CCN(CCCN(C)C)CC(C)(N)C1CC1. The topological polar surface area (TPSA) is 32.5 Å². The second-order valence-electron chi connectivity index (χ2n) is 5.81. The van der Waals surface area contributed by atoms with Crippen molar-refractivity contribution in [2.24, 2.45) is 11.7 Å². The molecule has 1 unspecified atom stereocenters. The molecule has 0 aromatic rings. The summed E-state index contributed by atoms with van der Waals surface area (Å²) in [4.78, 5) is 4.75. The Hall–Kier alpha value is -0.120. The first-order valence-corrected chi connectivity index (χ1v) is 6.61. The Kier molecular flexibility index (Phi) is 5.22. The summed E-state index contributed by atoms with van der Waals surface area (Å²) in [6.07, 6.45) is 3.91. The molecule has 3 nitrogen and oxygen atoms in total. The Morgan fingerprint density at radius 3 is 2.31 bits per heavy atom. The molecule has 0 aromatic carbocycles. The Balaban J connectivity index is 2.25. The molecule has 1 aliphatic carbocycles. The van der Waals surface area contributed by atoms with Crippen LogP contribution < -0.4 is 5.73 Å². The van der Waals surface area contributed by atoms with Crippen LogP contribution in [0, 0.1) is 5.92 Å². The fourth-order valence-electron chi connectivity index (χ4n) is 2.31. The minimum absolute atomic E-state index is 0.0358. The first kappa shape index (κ1) is 13.9. The van der Waals surface area contributed by atoms with Crippen LogP contribution in [0.4, 0.5) is 0 Å². The van der Waals surface area contributed by atoms with Gasteiger partial charge >= 0.3 is 0 Å². The van der Waals surface area contributed by atoms with E-state index in [0.29, 0.717) is 0 Å². The van der Waals surface area contributed by atoms with Gasteiger partial charge in [0.1, 0.15) is 0 Å². The third-order valence-electron chi connectivity index (χ3n) is 3.60. The second kappa shape index (κ2) is 5.99. The fourth-order valence-corrected chi connectivity index (χ4v) is 2.31. The van der Waals surface area contributed by atoms with E-state index in [-0.39, 0.29) is 5.54 Å². The lowest BCUT2D eigenvalue weighted by Gasteiger charge is -2.32. The number of likely N-dealkylation sites (N-methyl/N-ethyl adjacent to an activating group) is 1. The van der Waals surface area contributed by atoms with Crippen molar-refractivity contribution in [3.8, 4) is 0 Å². The highest BCUT2D eigenvalue weighted by atomic mass is 15.1. The van der Waals surface area contributed by atoms with Crippen molar-refractivity contribution in [3.63, 3.8) is 0 Å². The Morgan fingerprint density at radius 2 is 1.88 bits per heavy atom. The molecule has 1 atom stereocenters. The Labute approximate surface area is 101 Å². The first-order valence-electron chi connectivity index (χ1n) is 6.61. The molecule has 1 aliphatic rings. The molecule has 0 amide bonds. The molecule has 1 rings (SSSR count). The van der Waals surface area contributed by atoms with Crippen molar-refractivity contribution >= 4 is 0 Å². The molecule has 0 bridgehead atoms. The van der Waals surface area contributed by atoms with Crippen LogP contribution in [0.25, 0.3) is 0 Å². The van der Waals surface area contributed by atoms with Crippen LogP contribution in [0.3, 0.4) is 0 Å². The minimum atomic E-state index is 0.0358. The lowest BCUT2D eigenvalue weighted by molar-refractivity contribution is 0.202. The van der Waals surface area contributed by atoms with E-state index < -0.39 is 0 Å². The van der Waals surface area contributed by atoms with E-state index in [0.717, 1.165) is 19.0 Å². The number of hydrogen-bond acceptors (Lipinski definition) is 3. The van der Waals surface area contributed by atoms with Gasteiger partial charge in [0.2, 0.25) is 0 Å². The molecule has 0 spiro atoms. The largest absolute Gasteiger partial charge is 0.324 e. The summed E-state index contributed by atoms with van der Waals surface area (Å²) in [7, 11) is 4.26. The average molecular weight is 227 g/mol. The Morgan fingerprint density at radius 1 is 1.25 bits per heavy atom. The maximum Gasteiger partial charge on any atom is 0.0283 e. The smallest absolute Gasteiger partial charge is 0.0283 e. The Bertz CT molecular complexity index is 197. The molecule has 96 valence electrons. The lowest BCUT2D eigenvalue weighted by atomic mass is 9.96. The zero-order valence-electron chi connectivity index (χ0n) is 11.5. The fraction of sp³-hybridized carbons (Fsp3) is 1.00. The molecule has 1 fully saturated rings. The van der Waals surface area contributed by atoms with Crippen molar-refractivity contribution in [3.05, 3.63) is 0 Å². The predicted molar refractivity (Wildman–Crippen MR) is 70.6 cm³/mol. The van der Waals surface area contributed by atoms with E-state index in [1.807, 2.05) is 0 Å². The van der Waals surface area contributed by atoms with Gasteiger partial charge < -0.3 is 15.5 Å². The van der Waals surface area contributed by atoms with Crippen molar-refractivity contribution in [2.45, 2.75) is 38.6 Å². The van der Waals surface area contributed by atoms with Crippen molar-refractivity contribution in [1.82, 2.24) is 9.80 Å². The monoisotopic (exact) mass is 227 g/mol. The van der Waals surface area contributed by atoms with E-state index in [2.05, 4.69) is 37.7 Å². The van der Waals surface area contributed by atoms with Crippen molar-refractivity contribution in [2.75, 3.05) is 40.3 Å². The van der Waals surface area contributed by atoms with Gasteiger partial charge in [-0.3, -0.25) is 0 Å². The van der Waals surface area contributed by atoms with E-state index in [1.54, 1.807) is 0 Å². The van der Waals surface area contributed by atoms with E-state index in [4.69, 9.17) is 5.73 Å². The van der Waals surface area contributed by atoms with Gasteiger partial charge in [-0.15, -0.1) is 0 Å². The van der Waals surface area contributed by atoms with Crippen LogP contribution in [-0.2, 0) is 0 Å². The summed E-state index contributed by atoms with van der Waals surface area (Å²) >= 11 is 0. The van der Waals surface area contributed by atoms with Gasteiger partial charge in [0.05, 0.1) is 0 Å². The number of nitrogens with zero attached hydrogens (tertiary/aromatic N) is 2. The second-order valence-corrected chi connectivity index (χ2v) is 5.81. The number of hydrogen-bond donors (Lipinski definition) is 1. The van der Waals surface area contributed by atoms with E-state index in [9.17, 15) is 0 Å². The standard InChI is InChI=1S/C13H29N3/c1-5-16(10-6-9-15(3)4)11-13(2,14)12-7-8-12/h12H,5-11,14H2,1-4H3. The van der Waals surface area contributed by atoms with Gasteiger partial charge in [0.15, 0.2) is 0 Å². The molecule has 16 heavy (non-hydrogen) atoms. The quantitative estimate of drug-likeness (QED) is 0.680. The van der Waals surface area contributed by atoms with Crippen molar-refractivity contribution < 1.29 is 0 Å².